The average molecular weight is 884 g/mol. The molecule has 0 heterocycles. The van der Waals surface area contributed by atoms with Gasteiger partial charge >= 0.3 is 5.97 Å². The number of amides is 1. The first-order valence-electron chi connectivity index (χ1n) is 27.4. The summed E-state index contributed by atoms with van der Waals surface area (Å²) in [6.45, 7) is 6.36. The summed E-state index contributed by atoms with van der Waals surface area (Å²) in [6.07, 6.45) is 61.8. The van der Waals surface area contributed by atoms with E-state index in [1.54, 1.807) is 0 Å². The Morgan fingerprint density at radius 1 is 0.476 bits per heavy atom. The Bertz CT molecular complexity index is 1080. The zero-order valence-corrected chi connectivity index (χ0v) is 42.0. The van der Waals surface area contributed by atoms with Crippen LogP contribution < -0.4 is 5.32 Å². The minimum absolute atomic E-state index is 0.0528. The van der Waals surface area contributed by atoms with Crippen molar-refractivity contribution in [3.05, 3.63) is 48.6 Å². The molecule has 0 bridgehead atoms. The summed E-state index contributed by atoms with van der Waals surface area (Å²) in [5.41, 5.74) is 0. The molecule has 0 aliphatic carbocycles. The zero-order valence-electron chi connectivity index (χ0n) is 42.0. The van der Waals surface area contributed by atoms with Crippen molar-refractivity contribution < 1.29 is 24.5 Å². The van der Waals surface area contributed by atoms with Gasteiger partial charge in [-0.05, 0) is 64.2 Å². The van der Waals surface area contributed by atoms with Crippen molar-refractivity contribution in [2.24, 2.45) is 0 Å². The lowest BCUT2D eigenvalue weighted by molar-refractivity contribution is -0.151. The maximum Gasteiger partial charge on any atom is 0.306 e. The topological polar surface area (TPSA) is 95.9 Å². The van der Waals surface area contributed by atoms with Crippen molar-refractivity contribution in [1.82, 2.24) is 5.32 Å². The number of esters is 1. The third kappa shape index (κ3) is 46.2. The number of rotatable bonds is 49. The molecule has 3 unspecified atom stereocenters. The highest BCUT2D eigenvalue weighted by Gasteiger charge is 2.24. The Hall–Kier alpha value is -2.18. The fourth-order valence-corrected chi connectivity index (χ4v) is 8.31. The Morgan fingerprint density at radius 2 is 0.889 bits per heavy atom. The molecule has 3 N–H and O–H groups in total. The van der Waals surface area contributed by atoms with Crippen LogP contribution in [0, 0.1) is 0 Å². The van der Waals surface area contributed by atoms with Crippen molar-refractivity contribution in [2.75, 3.05) is 6.61 Å². The smallest absolute Gasteiger partial charge is 0.306 e. The van der Waals surface area contributed by atoms with E-state index in [9.17, 15) is 19.8 Å². The maximum atomic E-state index is 13.2. The Labute approximate surface area is 391 Å². The molecule has 63 heavy (non-hydrogen) atoms. The number of allylic oxidation sites excluding steroid dienone is 8. The van der Waals surface area contributed by atoms with Gasteiger partial charge in [-0.3, -0.25) is 9.59 Å². The highest BCUT2D eigenvalue weighted by Crippen LogP contribution is 2.18. The van der Waals surface area contributed by atoms with Gasteiger partial charge in [0.05, 0.1) is 25.2 Å². The third-order valence-corrected chi connectivity index (χ3v) is 12.5. The number of nitrogens with one attached hydrogen (secondary N) is 1. The summed E-state index contributed by atoms with van der Waals surface area (Å²) in [5.74, 6) is -0.510. The van der Waals surface area contributed by atoms with Crippen LogP contribution in [0.3, 0.4) is 0 Å². The van der Waals surface area contributed by atoms with Crippen molar-refractivity contribution in [3.63, 3.8) is 0 Å². The molecule has 0 aromatic rings. The van der Waals surface area contributed by atoms with E-state index in [0.717, 1.165) is 70.6 Å². The van der Waals surface area contributed by atoms with E-state index >= 15 is 0 Å². The van der Waals surface area contributed by atoms with Crippen LogP contribution >= 0.6 is 0 Å². The summed E-state index contributed by atoms with van der Waals surface area (Å²) in [6, 6.07) is -0.712. The Morgan fingerprint density at radius 3 is 1.37 bits per heavy atom. The van der Waals surface area contributed by atoms with Crippen LogP contribution in [0.25, 0.3) is 0 Å². The number of carbonyl (C=O) groups is 2. The van der Waals surface area contributed by atoms with Gasteiger partial charge in [-0.25, -0.2) is 0 Å². The summed E-state index contributed by atoms with van der Waals surface area (Å²) in [7, 11) is 0. The first-order valence-corrected chi connectivity index (χ1v) is 27.4. The van der Waals surface area contributed by atoms with E-state index in [1.165, 1.54) is 161 Å². The van der Waals surface area contributed by atoms with Gasteiger partial charge in [0.25, 0.3) is 0 Å². The molecule has 0 rings (SSSR count). The molecule has 3 atom stereocenters. The van der Waals surface area contributed by atoms with Gasteiger partial charge in [-0.2, -0.15) is 0 Å². The third-order valence-electron chi connectivity index (χ3n) is 12.5. The number of carbonyl (C=O) groups excluding carboxylic acids is 2. The van der Waals surface area contributed by atoms with Crippen LogP contribution in [0.15, 0.2) is 48.6 Å². The SMILES string of the molecule is CC/C=C/C=C/C=C/CCCCCCCCCC(=O)OC(CCC/C=C\CCCCCCCCC)CC(=O)NC(CO)C(O)CCCCCCCCCCCCCCCCCCC. The monoisotopic (exact) mass is 884 g/mol. The van der Waals surface area contributed by atoms with E-state index in [2.05, 4.69) is 74.7 Å². The molecule has 0 saturated heterocycles. The lowest BCUT2D eigenvalue weighted by atomic mass is 10.0. The van der Waals surface area contributed by atoms with Crippen molar-refractivity contribution in [1.29, 1.82) is 0 Å². The molecule has 0 aliphatic rings. The number of ether oxygens (including phenoxy) is 1. The molecule has 0 aromatic heterocycles. The lowest BCUT2D eigenvalue weighted by Gasteiger charge is -2.24. The summed E-state index contributed by atoms with van der Waals surface area (Å²) < 4.78 is 5.92. The van der Waals surface area contributed by atoms with Crippen molar-refractivity contribution in [3.8, 4) is 0 Å². The van der Waals surface area contributed by atoms with Crippen LogP contribution in [-0.4, -0.2) is 46.9 Å². The predicted molar refractivity (Wildman–Crippen MR) is 273 cm³/mol. The summed E-state index contributed by atoms with van der Waals surface area (Å²) in [5, 5.41) is 23.8. The van der Waals surface area contributed by atoms with Gasteiger partial charge in [-0.15, -0.1) is 0 Å². The van der Waals surface area contributed by atoms with Gasteiger partial charge in [0, 0.05) is 6.42 Å². The van der Waals surface area contributed by atoms with Gasteiger partial charge in [0.1, 0.15) is 6.10 Å². The second-order valence-electron chi connectivity index (χ2n) is 18.7. The first-order chi connectivity index (χ1) is 31.0. The molecule has 0 aliphatic heterocycles. The molecule has 0 saturated carbocycles. The van der Waals surface area contributed by atoms with E-state index in [4.69, 9.17) is 4.74 Å². The second-order valence-corrected chi connectivity index (χ2v) is 18.7. The van der Waals surface area contributed by atoms with Gasteiger partial charge in [0.15, 0.2) is 0 Å². The molecule has 0 radical (unpaired) electrons. The highest BCUT2D eigenvalue weighted by molar-refractivity contribution is 5.77. The number of unbranched alkanes of at least 4 members (excludes halogenated alkanes) is 31. The lowest BCUT2D eigenvalue weighted by Crippen LogP contribution is -2.46. The quantitative estimate of drug-likeness (QED) is 0.0245. The number of hydrogen-bond acceptors (Lipinski definition) is 5. The molecule has 0 aromatic carbocycles. The molecular formula is C57H105NO5. The maximum absolute atomic E-state index is 13.2. The summed E-state index contributed by atoms with van der Waals surface area (Å²) >= 11 is 0. The van der Waals surface area contributed by atoms with Gasteiger partial charge < -0.3 is 20.3 Å². The minimum Gasteiger partial charge on any atom is -0.462 e. The number of hydrogen-bond donors (Lipinski definition) is 3. The highest BCUT2D eigenvalue weighted by atomic mass is 16.5. The van der Waals surface area contributed by atoms with Crippen LogP contribution in [0.2, 0.25) is 0 Å². The first kappa shape index (κ1) is 60.8. The molecule has 368 valence electrons. The molecule has 6 nitrogen and oxygen atoms in total. The van der Waals surface area contributed by atoms with Crippen LogP contribution in [0.5, 0.6) is 0 Å². The van der Waals surface area contributed by atoms with Crippen molar-refractivity contribution >= 4 is 11.9 Å². The van der Waals surface area contributed by atoms with Crippen LogP contribution in [0.1, 0.15) is 278 Å². The van der Waals surface area contributed by atoms with Crippen LogP contribution in [0.4, 0.5) is 0 Å². The number of aliphatic hydroxyl groups excluding tert-OH is 2. The molecule has 0 spiro atoms. The van der Waals surface area contributed by atoms with E-state index < -0.39 is 18.2 Å². The predicted octanol–water partition coefficient (Wildman–Crippen LogP) is 16.6. The molecular weight excluding hydrogens is 779 g/mol. The number of aliphatic hydroxyl groups is 2. The standard InChI is InChI=1S/C57H105NO5/c1-4-7-10-13-16-19-22-25-27-28-30-31-34-37-40-43-46-49-55(60)54(52-59)58-56(61)51-53(48-45-42-39-36-33-24-21-18-15-12-9-6-3)63-57(62)50-47-44-41-38-35-32-29-26-23-20-17-14-11-8-5-2/h8,11,14,17,20,23,36,39,53-55,59-60H,4-7,9-10,12-13,15-16,18-19,21-22,24-35,37-38,40-52H2,1-3H3,(H,58,61)/b11-8+,17-14+,23-20+,39-36-. The Kier molecular flexibility index (Phi) is 49.1. The largest absolute Gasteiger partial charge is 0.462 e. The fourth-order valence-electron chi connectivity index (χ4n) is 8.31. The van der Waals surface area contributed by atoms with Crippen molar-refractivity contribution in [2.45, 2.75) is 296 Å². The van der Waals surface area contributed by atoms with Crippen LogP contribution in [-0.2, 0) is 14.3 Å². The minimum atomic E-state index is -0.796. The average Bonchev–Trinajstić information content (AvgIpc) is 3.28. The molecule has 1 amide bonds. The summed E-state index contributed by atoms with van der Waals surface area (Å²) in [4.78, 5) is 26.2. The molecule has 0 fully saturated rings. The molecule has 6 heteroatoms. The van der Waals surface area contributed by atoms with E-state index in [-0.39, 0.29) is 24.9 Å². The Balaban J connectivity index is 4.52. The fraction of sp³-hybridized carbons (Fsp3) is 0.825. The van der Waals surface area contributed by atoms with E-state index in [1.807, 2.05) is 0 Å². The van der Waals surface area contributed by atoms with E-state index in [0.29, 0.717) is 19.3 Å². The second kappa shape index (κ2) is 50.8. The normalized spacial score (nSPS) is 13.5. The zero-order chi connectivity index (χ0) is 45.9. The van der Waals surface area contributed by atoms with Gasteiger partial charge in [0.2, 0.25) is 5.91 Å². The van der Waals surface area contributed by atoms with Gasteiger partial charge in [-0.1, -0.05) is 249 Å².